The Morgan fingerprint density at radius 1 is 1.56 bits per heavy atom. The first-order valence-corrected chi connectivity index (χ1v) is 5.77. The molecule has 5 nitrogen and oxygen atoms in total. The minimum atomic E-state index is -0.929. The fourth-order valence-electron chi connectivity index (χ4n) is 1.98. The zero-order valence-electron chi connectivity index (χ0n) is 9.85. The smallest absolute Gasteiger partial charge is 0.326 e. The van der Waals surface area contributed by atoms with E-state index in [0.717, 1.165) is 12.8 Å². The minimum absolute atomic E-state index is 0.0857. The van der Waals surface area contributed by atoms with Crippen LogP contribution in [-0.4, -0.2) is 40.5 Å². The standard InChI is InChI=1S/C11H20N2O3/c1-3-7(2)9(12)10(14)13-6-4-5-8(13)11(15)16/h7-9H,3-6,12H2,1-2H3,(H,15,16)/t7-,8+,9-/m1/s1. The van der Waals surface area contributed by atoms with Crippen LogP contribution < -0.4 is 5.73 Å². The molecule has 3 atom stereocenters. The maximum Gasteiger partial charge on any atom is 0.326 e. The van der Waals surface area contributed by atoms with Gasteiger partial charge >= 0.3 is 5.97 Å². The van der Waals surface area contributed by atoms with Gasteiger partial charge in [-0.15, -0.1) is 0 Å². The Morgan fingerprint density at radius 3 is 2.69 bits per heavy atom. The Hall–Kier alpha value is -1.10. The van der Waals surface area contributed by atoms with Gasteiger partial charge in [0, 0.05) is 6.54 Å². The van der Waals surface area contributed by atoms with Crippen LogP contribution in [0.4, 0.5) is 0 Å². The van der Waals surface area contributed by atoms with Crippen molar-refractivity contribution in [1.82, 2.24) is 4.90 Å². The highest BCUT2D eigenvalue weighted by Gasteiger charge is 2.36. The molecule has 5 heteroatoms. The van der Waals surface area contributed by atoms with Crippen LogP contribution in [0.5, 0.6) is 0 Å². The summed E-state index contributed by atoms with van der Waals surface area (Å²) in [6.45, 7) is 4.39. The fourth-order valence-corrected chi connectivity index (χ4v) is 1.98. The number of nitrogens with zero attached hydrogens (tertiary/aromatic N) is 1. The Labute approximate surface area is 95.6 Å². The number of nitrogens with two attached hydrogens (primary N) is 1. The second kappa shape index (κ2) is 5.30. The third kappa shape index (κ3) is 2.52. The SMILES string of the molecule is CC[C@@H](C)[C@@H](N)C(=O)N1CCC[C@H]1C(=O)O. The van der Waals surface area contributed by atoms with Crippen molar-refractivity contribution in [3.05, 3.63) is 0 Å². The molecule has 1 aliphatic heterocycles. The van der Waals surface area contributed by atoms with Gasteiger partial charge in [-0.2, -0.15) is 0 Å². The summed E-state index contributed by atoms with van der Waals surface area (Å²) in [7, 11) is 0. The van der Waals surface area contributed by atoms with E-state index < -0.39 is 18.1 Å². The molecule has 0 saturated carbocycles. The first kappa shape index (κ1) is 13.0. The zero-order chi connectivity index (χ0) is 12.3. The van der Waals surface area contributed by atoms with Gasteiger partial charge in [-0.05, 0) is 18.8 Å². The summed E-state index contributed by atoms with van der Waals surface area (Å²) in [4.78, 5) is 24.4. The van der Waals surface area contributed by atoms with Gasteiger partial charge in [0.1, 0.15) is 6.04 Å². The maximum atomic E-state index is 12.0. The Balaban J connectivity index is 2.69. The van der Waals surface area contributed by atoms with Crippen molar-refractivity contribution in [2.75, 3.05) is 6.54 Å². The lowest BCUT2D eigenvalue weighted by Gasteiger charge is -2.27. The van der Waals surface area contributed by atoms with Crippen LogP contribution in [0.15, 0.2) is 0 Å². The van der Waals surface area contributed by atoms with Gasteiger partial charge in [-0.1, -0.05) is 20.3 Å². The molecular weight excluding hydrogens is 208 g/mol. The van der Waals surface area contributed by atoms with E-state index in [0.29, 0.717) is 13.0 Å². The van der Waals surface area contributed by atoms with Gasteiger partial charge in [0.25, 0.3) is 0 Å². The van der Waals surface area contributed by atoms with E-state index in [1.807, 2.05) is 13.8 Å². The lowest BCUT2D eigenvalue weighted by molar-refractivity contribution is -0.149. The number of aliphatic carboxylic acids is 1. The molecule has 0 radical (unpaired) electrons. The molecule has 0 spiro atoms. The lowest BCUT2D eigenvalue weighted by atomic mass is 9.98. The largest absolute Gasteiger partial charge is 0.480 e. The quantitative estimate of drug-likeness (QED) is 0.731. The Bertz CT molecular complexity index is 280. The second-order valence-corrected chi connectivity index (χ2v) is 4.44. The molecule has 0 aromatic carbocycles. The molecule has 1 heterocycles. The van der Waals surface area contributed by atoms with E-state index in [2.05, 4.69) is 0 Å². The average Bonchev–Trinajstić information content (AvgIpc) is 2.74. The zero-order valence-corrected chi connectivity index (χ0v) is 9.85. The molecule has 1 aliphatic rings. The van der Waals surface area contributed by atoms with E-state index in [1.165, 1.54) is 4.90 Å². The third-order valence-electron chi connectivity index (χ3n) is 3.36. The molecule has 16 heavy (non-hydrogen) atoms. The van der Waals surface area contributed by atoms with E-state index in [1.54, 1.807) is 0 Å². The summed E-state index contributed by atoms with van der Waals surface area (Å²) >= 11 is 0. The first-order chi connectivity index (χ1) is 7.49. The van der Waals surface area contributed by atoms with Crippen molar-refractivity contribution < 1.29 is 14.7 Å². The van der Waals surface area contributed by atoms with Crippen LogP contribution in [0.25, 0.3) is 0 Å². The second-order valence-electron chi connectivity index (χ2n) is 4.44. The summed E-state index contributed by atoms with van der Waals surface area (Å²) in [5.41, 5.74) is 5.83. The van der Waals surface area contributed by atoms with Gasteiger partial charge in [0.05, 0.1) is 6.04 Å². The number of carbonyl (C=O) groups is 2. The lowest BCUT2D eigenvalue weighted by Crippen LogP contribution is -2.50. The number of likely N-dealkylation sites (tertiary alicyclic amines) is 1. The number of carboxylic acids is 1. The van der Waals surface area contributed by atoms with Crippen LogP contribution in [0, 0.1) is 5.92 Å². The fraction of sp³-hybridized carbons (Fsp3) is 0.818. The van der Waals surface area contributed by atoms with Crippen molar-refractivity contribution >= 4 is 11.9 Å². The highest BCUT2D eigenvalue weighted by molar-refractivity contribution is 5.87. The number of rotatable bonds is 4. The van der Waals surface area contributed by atoms with Crippen molar-refractivity contribution in [2.24, 2.45) is 11.7 Å². The highest BCUT2D eigenvalue weighted by atomic mass is 16.4. The topological polar surface area (TPSA) is 83.6 Å². The molecule has 0 unspecified atom stereocenters. The van der Waals surface area contributed by atoms with Crippen LogP contribution in [-0.2, 0) is 9.59 Å². The monoisotopic (exact) mass is 228 g/mol. The van der Waals surface area contributed by atoms with E-state index >= 15 is 0 Å². The molecule has 1 amide bonds. The molecule has 0 aromatic rings. The van der Waals surface area contributed by atoms with Gasteiger partial charge in [0.2, 0.25) is 5.91 Å². The Kier molecular flexibility index (Phi) is 4.29. The van der Waals surface area contributed by atoms with Crippen molar-refractivity contribution in [3.8, 4) is 0 Å². The van der Waals surface area contributed by atoms with Crippen molar-refractivity contribution in [3.63, 3.8) is 0 Å². The molecule has 1 fully saturated rings. The van der Waals surface area contributed by atoms with Gasteiger partial charge in [-0.3, -0.25) is 4.79 Å². The number of amides is 1. The third-order valence-corrected chi connectivity index (χ3v) is 3.36. The summed E-state index contributed by atoms with van der Waals surface area (Å²) in [5.74, 6) is -1.07. The van der Waals surface area contributed by atoms with Crippen LogP contribution >= 0.6 is 0 Å². The highest BCUT2D eigenvalue weighted by Crippen LogP contribution is 2.20. The molecule has 1 rings (SSSR count). The van der Waals surface area contributed by atoms with E-state index in [4.69, 9.17) is 10.8 Å². The molecule has 0 bridgehead atoms. The summed E-state index contributed by atoms with van der Waals surface area (Å²) in [6, 6.07) is -1.26. The minimum Gasteiger partial charge on any atom is -0.480 e. The van der Waals surface area contributed by atoms with Crippen LogP contribution in [0.1, 0.15) is 33.1 Å². The van der Waals surface area contributed by atoms with Gasteiger partial charge in [-0.25, -0.2) is 4.79 Å². The first-order valence-electron chi connectivity index (χ1n) is 5.77. The van der Waals surface area contributed by atoms with Crippen molar-refractivity contribution in [1.29, 1.82) is 0 Å². The molecule has 3 N–H and O–H groups in total. The summed E-state index contributed by atoms with van der Waals surface area (Å²) in [6.07, 6.45) is 2.10. The van der Waals surface area contributed by atoms with Crippen LogP contribution in [0.3, 0.4) is 0 Å². The van der Waals surface area contributed by atoms with Crippen molar-refractivity contribution in [2.45, 2.75) is 45.2 Å². The predicted octanol–water partition coefficient (Wildman–Crippen LogP) is 0.435. The average molecular weight is 228 g/mol. The number of carboxylic acid groups (broad SMARTS) is 1. The predicted molar refractivity (Wildman–Crippen MR) is 59.8 cm³/mol. The molecular formula is C11H20N2O3. The molecule has 0 aliphatic carbocycles. The normalized spacial score (nSPS) is 24.2. The summed E-state index contributed by atoms with van der Waals surface area (Å²) in [5, 5.41) is 8.98. The number of hydrogen-bond donors (Lipinski definition) is 2. The summed E-state index contributed by atoms with van der Waals surface area (Å²) < 4.78 is 0. The van der Waals surface area contributed by atoms with Gasteiger partial charge < -0.3 is 15.7 Å². The van der Waals surface area contributed by atoms with E-state index in [9.17, 15) is 9.59 Å². The number of hydrogen-bond acceptors (Lipinski definition) is 3. The molecule has 1 saturated heterocycles. The molecule has 92 valence electrons. The molecule has 0 aromatic heterocycles. The number of carbonyl (C=O) groups excluding carboxylic acids is 1. The van der Waals surface area contributed by atoms with Gasteiger partial charge in [0.15, 0.2) is 0 Å². The van der Waals surface area contributed by atoms with E-state index in [-0.39, 0.29) is 11.8 Å². The maximum absolute atomic E-state index is 12.0. The Morgan fingerprint density at radius 2 is 2.19 bits per heavy atom. The van der Waals surface area contributed by atoms with Crippen LogP contribution in [0.2, 0.25) is 0 Å².